The van der Waals surface area contributed by atoms with Crippen LogP contribution in [0.2, 0.25) is 0 Å². The first-order valence-electron chi connectivity index (χ1n) is 11.2. The standard InChI is InChI=1S/C23H36N4O6/c1-14(2)31-19(28)26-16-10-9-15(11-16)17-12-25-18(13-24-17)27(20(29)32-22(3,4)5)21(30)33-23(6,7)8/h12-16H,9-11H2,1-8H3,(H,26,28). The van der Waals surface area contributed by atoms with Gasteiger partial charge in [-0.25, -0.2) is 19.4 Å². The first-order valence-corrected chi connectivity index (χ1v) is 11.2. The normalized spacial score (nSPS) is 18.6. The van der Waals surface area contributed by atoms with Crippen LogP contribution >= 0.6 is 0 Å². The molecule has 0 aromatic carbocycles. The van der Waals surface area contributed by atoms with Gasteiger partial charge in [-0.2, -0.15) is 4.90 Å². The van der Waals surface area contributed by atoms with Gasteiger partial charge in [-0.3, -0.25) is 4.98 Å². The van der Waals surface area contributed by atoms with E-state index in [2.05, 4.69) is 15.3 Å². The fourth-order valence-electron chi connectivity index (χ4n) is 3.33. The Balaban J connectivity index is 2.14. The van der Waals surface area contributed by atoms with Gasteiger partial charge in [0.05, 0.1) is 24.2 Å². The predicted octanol–water partition coefficient (Wildman–Crippen LogP) is 4.92. The molecular weight excluding hydrogens is 428 g/mol. The smallest absolute Gasteiger partial charge is 0.425 e. The van der Waals surface area contributed by atoms with Crippen LogP contribution < -0.4 is 10.2 Å². The van der Waals surface area contributed by atoms with E-state index >= 15 is 0 Å². The van der Waals surface area contributed by atoms with Crippen molar-refractivity contribution in [3.8, 4) is 0 Å². The average Bonchev–Trinajstić information content (AvgIpc) is 3.06. The second-order valence-electron chi connectivity index (χ2n) is 10.4. The number of amides is 3. The van der Waals surface area contributed by atoms with Gasteiger partial charge in [0.15, 0.2) is 5.82 Å². The molecule has 1 fully saturated rings. The van der Waals surface area contributed by atoms with Gasteiger partial charge in [0.25, 0.3) is 0 Å². The summed E-state index contributed by atoms with van der Waals surface area (Å²) in [6.45, 7) is 13.8. The van der Waals surface area contributed by atoms with Crippen LogP contribution in [-0.4, -0.2) is 51.6 Å². The SMILES string of the molecule is CC(C)OC(=O)NC1CCC(c2cnc(N(C(=O)OC(C)(C)C)C(=O)OC(C)(C)C)cn2)C1. The highest BCUT2D eigenvalue weighted by Gasteiger charge is 2.34. The molecule has 1 aromatic heterocycles. The molecule has 33 heavy (non-hydrogen) atoms. The maximum absolute atomic E-state index is 12.7. The first-order chi connectivity index (χ1) is 15.1. The Hall–Kier alpha value is -2.91. The number of hydrogen-bond acceptors (Lipinski definition) is 8. The number of carbonyl (C=O) groups is 3. The molecule has 0 bridgehead atoms. The number of ether oxygens (including phenoxy) is 3. The van der Waals surface area contributed by atoms with Gasteiger partial charge in [-0.05, 0) is 74.7 Å². The van der Waals surface area contributed by atoms with Crippen molar-refractivity contribution in [2.75, 3.05) is 4.90 Å². The van der Waals surface area contributed by atoms with Gasteiger partial charge in [0.2, 0.25) is 0 Å². The number of aromatic nitrogens is 2. The molecule has 2 rings (SSSR count). The maximum Gasteiger partial charge on any atom is 0.425 e. The van der Waals surface area contributed by atoms with E-state index in [0.29, 0.717) is 12.1 Å². The lowest BCUT2D eigenvalue weighted by atomic mass is 10.0. The molecule has 3 amide bonds. The number of nitrogens with zero attached hydrogens (tertiary/aromatic N) is 3. The Bertz CT molecular complexity index is 814. The molecular formula is C23H36N4O6. The van der Waals surface area contributed by atoms with Crippen LogP contribution in [0.1, 0.15) is 86.3 Å². The van der Waals surface area contributed by atoms with Crippen LogP contribution in [0.4, 0.5) is 20.2 Å². The highest BCUT2D eigenvalue weighted by atomic mass is 16.6. The molecule has 2 atom stereocenters. The maximum atomic E-state index is 12.7. The number of hydrogen-bond donors (Lipinski definition) is 1. The molecule has 1 heterocycles. The molecule has 0 saturated heterocycles. The van der Waals surface area contributed by atoms with Crippen molar-refractivity contribution < 1.29 is 28.6 Å². The number of anilines is 1. The summed E-state index contributed by atoms with van der Waals surface area (Å²) in [7, 11) is 0. The number of nitrogens with one attached hydrogen (secondary N) is 1. The molecule has 1 saturated carbocycles. The Labute approximate surface area is 195 Å². The third kappa shape index (κ3) is 8.51. The van der Waals surface area contributed by atoms with E-state index in [1.54, 1.807) is 55.4 Å². The zero-order chi connectivity index (χ0) is 25.0. The zero-order valence-corrected chi connectivity index (χ0v) is 20.8. The number of carbonyl (C=O) groups excluding carboxylic acids is 3. The molecule has 184 valence electrons. The second kappa shape index (κ2) is 10.4. The molecule has 0 spiro atoms. The summed E-state index contributed by atoms with van der Waals surface area (Å²) in [4.78, 5) is 46.8. The lowest BCUT2D eigenvalue weighted by molar-refractivity contribution is 0.0428. The Morgan fingerprint density at radius 2 is 1.55 bits per heavy atom. The van der Waals surface area contributed by atoms with E-state index in [1.807, 2.05) is 0 Å². The minimum atomic E-state index is -0.896. The lowest BCUT2D eigenvalue weighted by Gasteiger charge is -2.28. The van der Waals surface area contributed by atoms with E-state index in [0.717, 1.165) is 17.7 Å². The van der Waals surface area contributed by atoms with Crippen molar-refractivity contribution in [1.82, 2.24) is 15.3 Å². The molecule has 1 aromatic rings. The van der Waals surface area contributed by atoms with Gasteiger partial charge in [0, 0.05) is 12.0 Å². The van der Waals surface area contributed by atoms with Crippen molar-refractivity contribution in [1.29, 1.82) is 0 Å². The summed E-state index contributed by atoms with van der Waals surface area (Å²) in [5.41, 5.74) is -0.908. The molecule has 10 nitrogen and oxygen atoms in total. The number of rotatable bonds is 4. The lowest BCUT2D eigenvalue weighted by Crippen LogP contribution is -2.44. The topological polar surface area (TPSA) is 120 Å². The van der Waals surface area contributed by atoms with Crippen molar-refractivity contribution in [2.45, 2.75) is 104 Å². The second-order valence-corrected chi connectivity index (χ2v) is 10.4. The monoisotopic (exact) mass is 464 g/mol. The summed E-state index contributed by atoms with van der Waals surface area (Å²) in [5.74, 6) is 0.0998. The third-order valence-corrected chi connectivity index (χ3v) is 4.56. The number of imide groups is 1. The predicted molar refractivity (Wildman–Crippen MR) is 122 cm³/mol. The minimum Gasteiger partial charge on any atom is -0.447 e. The van der Waals surface area contributed by atoms with Crippen LogP contribution in [0.5, 0.6) is 0 Å². The van der Waals surface area contributed by atoms with Crippen molar-refractivity contribution in [3.63, 3.8) is 0 Å². The van der Waals surface area contributed by atoms with Crippen molar-refractivity contribution >= 4 is 24.1 Å². The molecule has 1 aliphatic rings. The third-order valence-electron chi connectivity index (χ3n) is 4.56. The summed E-state index contributed by atoms with van der Waals surface area (Å²) in [6.07, 6.45) is 2.81. The van der Waals surface area contributed by atoms with E-state index in [9.17, 15) is 14.4 Å². The molecule has 1 N–H and O–H groups in total. The van der Waals surface area contributed by atoms with E-state index < -0.39 is 29.5 Å². The van der Waals surface area contributed by atoms with E-state index in [-0.39, 0.29) is 23.9 Å². The molecule has 0 aliphatic heterocycles. The van der Waals surface area contributed by atoms with Gasteiger partial charge in [0.1, 0.15) is 11.2 Å². The molecule has 1 aliphatic carbocycles. The Morgan fingerprint density at radius 3 is 2.00 bits per heavy atom. The minimum absolute atomic E-state index is 0.00966. The van der Waals surface area contributed by atoms with Crippen molar-refractivity contribution in [3.05, 3.63) is 18.1 Å². The van der Waals surface area contributed by atoms with Crippen LogP contribution in [0.25, 0.3) is 0 Å². The molecule has 2 unspecified atom stereocenters. The van der Waals surface area contributed by atoms with Gasteiger partial charge < -0.3 is 19.5 Å². The zero-order valence-electron chi connectivity index (χ0n) is 20.8. The Kier molecular flexibility index (Phi) is 8.26. The van der Waals surface area contributed by atoms with Crippen LogP contribution in [0.15, 0.2) is 12.4 Å². The van der Waals surface area contributed by atoms with Crippen molar-refractivity contribution in [2.24, 2.45) is 0 Å². The van der Waals surface area contributed by atoms with E-state index in [4.69, 9.17) is 14.2 Å². The Morgan fingerprint density at radius 1 is 0.970 bits per heavy atom. The molecule has 10 heteroatoms. The highest BCUT2D eigenvalue weighted by molar-refractivity contribution is 6.08. The fraction of sp³-hybridized carbons (Fsp3) is 0.696. The largest absolute Gasteiger partial charge is 0.447 e. The fourth-order valence-corrected chi connectivity index (χ4v) is 3.33. The average molecular weight is 465 g/mol. The number of alkyl carbamates (subject to hydrolysis) is 1. The van der Waals surface area contributed by atoms with Crippen LogP contribution in [-0.2, 0) is 14.2 Å². The van der Waals surface area contributed by atoms with Gasteiger partial charge >= 0.3 is 18.3 Å². The highest BCUT2D eigenvalue weighted by Crippen LogP contribution is 2.33. The molecule has 0 radical (unpaired) electrons. The summed E-state index contributed by atoms with van der Waals surface area (Å²) in [5, 5.41) is 2.87. The van der Waals surface area contributed by atoms with Gasteiger partial charge in [-0.1, -0.05) is 0 Å². The first kappa shape index (κ1) is 26.3. The van der Waals surface area contributed by atoms with Crippen LogP contribution in [0, 0.1) is 0 Å². The summed E-state index contributed by atoms with van der Waals surface area (Å²) >= 11 is 0. The van der Waals surface area contributed by atoms with Gasteiger partial charge in [-0.15, -0.1) is 0 Å². The quantitative estimate of drug-likeness (QED) is 0.623. The summed E-state index contributed by atoms with van der Waals surface area (Å²) in [6, 6.07) is -0.0113. The van der Waals surface area contributed by atoms with E-state index in [1.165, 1.54) is 12.4 Å². The van der Waals surface area contributed by atoms with Crippen LogP contribution in [0.3, 0.4) is 0 Å². The summed E-state index contributed by atoms with van der Waals surface area (Å²) < 4.78 is 15.9.